The third-order valence-electron chi connectivity index (χ3n) is 3.54. The highest BCUT2D eigenvalue weighted by atomic mass is 16.3. The van der Waals surface area contributed by atoms with Gasteiger partial charge in [-0.15, -0.1) is 0 Å². The molecule has 3 nitrogen and oxygen atoms in total. The predicted molar refractivity (Wildman–Crippen MR) is 81.9 cm³/mol. The zero-order valence-corrected chi connectivity index (χ0v) is 12.5. The molecule has 3 heteroatoms. The molecular formula is C17H21NO2. The van der Waals surface area contributed by atoms with Crippen molar-refractivity contribution in [3.05, 3.63) is 57.4 Å². The Kier molecular flexibility index (Phi) is 4.09. The first kappa shape index (κ1) is 14.5. The van der Waals surface area contributed by atoms with Crippen LogP contribution >= 0.6 is 0 Å². The molecule has 2 rings (SSSR count). The Bertz CT molecular complexity index is 684. The van der Waals surface area contributed by atoms with Crippen LogP contribution in [-0.2, 0) is 6.61 Å². The third kappa shape index (κ3) is 2.54. The van der Waals surface area contributed by atoms with Crippen LogP contribution in [0.1, 0.15) is 36.6 Å². The molecule has 0 saturated carbocycles. The van der Waals surface area contributed by atoms with E-state index >= 15 is 0 Å². The van der Waals surface area contributed by atoms with Crippen molar-refractivity contribution in [1.82, 2.24) is 4.57 Å². The molecule has 1 N–H and O–H groups in total. The topological polar surface area (TPSA) is 42.2 Å². The quantitative estimate of drug-likeness (QED) is 0.931. The molecule has 0 saturated heterocycles. The minimum Gasteiger partial charge on any atom is -0.391 e. The average molecular weight is 271 g/mol. The lowest BCUT2D eigenvalue weighted by molar-refractivity contribution is 0.279. The Balaban J connectivity index is 2.74. The maximum atomic E-state index is 12.4. The molecule has 1 heterocycles. The Morgan fingerprint density at radius 3 is 2.40 bits per heavy atom. The Morgan fingerprint density at radius 1 is 1.15 bits per heavy atom. The van der Waals surface area contributed by atoms with Gasteiger partial charge in [0.1, 0.15) is 0 Å². The molecule has 20 heavy (non-hydrogen) atoms. The number of aromatic nitrogens is 1. The van der Waals surface area contributed by atoms with Crippen molar-refractivity contribution in [3.63, 3.8) is 0 Å². The Hall–Kier alpha value is -1.87. The van der Waals surface area contributed by atoms with Gasteiger partial charge in [-0.05, 0) is 45.4 Å². The minimum atomic E-state index is -0.223. The van der Waals surface area contributed by atoms with Crippen LogP contribution in [0.3, 0.4) is 0 Å². The lowest BCUT2D eigenvalue weighted by Crippen LogP contribution is -2.26. The second-order valence-corrected chi connectivity index (χ2v) is 5.49. The van der Waals surface area contributed by atoms with Crippen LogP contribution in [0.2, 0.25) is 0 Å². The fourth-order valence-corrected chi connectivity index (χ4v) is 2.55. The van der Waals surface area contributed by atoms with E-state index in [1.807, 2.05) is 19.9 Å². The molecular weight excluding hydrogens is 250 g/mol. The highest BCUT2D eigenvalue weighted by molar-refractivity contribution is 5.64. The summed E-state index contributed by atoms with van der Waals surface area (Å²) in [6.45, 7) is 7.85. The van der Waals surface area contributed by atoms with Gasteiger partial charge in [0, 0.05) is 17.2 Å². The van der Waals surface area contributed by atoms with Crippen molar-refractivity contribution >= 4 is 0 Å². The van der Waals surface area contributed by atoms with Gasteiger partial charge in [0.2, 0.25) is 0 Å². The Morgan fingerprint density at radius 2 is 1.85 bits per heavy atom. The molecule has 2 aromatic rings. The monoisotopic (exact) mass is 271 g/mol. The van der Waals surface area contributed by atoms with Crippen LogP contribution < -0.4 is 5.56 Å². The van der Waals surface area contributed by atoms with Crippen molar-refractivity contribution < 1.29 is 5.11 Å². The zero-order chi connectivity index (χ0) is 14.9. The van der Waals surface area contributed by atoms with E-state index in [-0.39, 0.29) is 18.2 Å². The highest BCUT2D eigenvalue weighted by Gasteiger charge is 2.14. The lowest BCUT2D eigenvalue weighted by Gasteiger charge is -2.19. The van der Waals surface area contributed by atoms with E-state index in [9.17, 15) is 9.90 Å². The number of hydrogen-bond acceptors (Lipinski definition) is 2. The van der Waals surface area contributed by atoms with Crippen LogP contribution in [0.4, 0.5) is 0 Å². The van der Waals surface area contributed by atoms with Gasteiger partial charge in [-0.2, -0.15) is 0 Å². The van der Waals surface area contributed by atoms with Gasteiger partial charge in [0.05, 0.1) is 12.3 Å². The van der Waals surface area contributed by atoms with Crippen LogP contribution in [0.25, 0.3) is 11.3 Å². The first-order valence-electron chi connectivity index (χ1n) is 6.88. The summed E-state index contributed by atoms with van der Waals surface area (Å²) >= 11 is 0. The van der Waals surface area contributed by atoms with Gasteiger partial charge in [-0.25, -0.2) is 0 Å². The number of hydrogen-bond donors (Lipinski definition) is 1. The van der Waals surface area contributed by atoms with E-state index < -0.39 is 0 Å². The molecule has 0 radical (unpaired) electrons. The summed E-state index contributed by atoms with van der Waals surface area (Å²) in [4.78, 5) is 12.4. The molecule has 0 aliphatic rings. The van der Waals surface area contributed by atoms with Gasteiger partial charge in [0.25, 0.3) is 5.56 Å². The van der Waals surface area contributed by atoms with E-state index in [1.165, 1.54) is 5.56 Å². The van der Waals surface area contributed by atoms with Crippen molar-refractivity contribution in [2.24, 2.45) is 0 Å². The standard InChI is InChI=1S/C17H21NO2/c1-11(2)18-16(8-6-14(10-19)17(18)20)15-7-5-12(3)9-13(15)4/h5-9,11,19H,10H2,1-4H3. The lowest BCUT2D eigenvalue weighted by atomic mass is 10.0. The Labute approximate surface area is 119 Å². The van der Waals surface area contributed by atoms with Gasteiger partial charge >= 0.3 is 0 Å². The molecule has 1 aromatic heterocycles. The molecule has 0 spiro atoms. The summed E-state index contributed by atoms with van der Waals surface area (Å²) in [6.07, 6.45) is 0. The SMILES string of the molecule is Cc1ccc(-c2ccc(CO)c(=O)n2C(C)C)c(C)c1. The summed E-state index contributed by atoms with van der Waals surface area (Å²) in [5, 5.41) is 9.26. The second kappa shape index (κ2) is 5.63. The summed E-state index contributed by atoms with van der Waals surface area (Å²) in [5.41, 5.74) is 4.64. The largest absolute Gasteiger partial charge is 0.391 e. The molecule has 0 bridgehead atoms. The molecule has 106 valence electrons. The zero-order valence-electron chi connectivity index (χ0n) is 12.5. The van der Waals surface area contributed by atoms with Gasteiger partial charge in [-0.3, -0.25) is 4.79 Å². The number of aliphatic hydroxyl groups excluding tert-OH is 1. The van der Waals surface area contributed by atoms with Crippen LogP contribution in [0.5, 0.6) is 0 Å². The number of benzene rings is 1. The van der Waals surface area contributed by atoms with Crippen molar-refractivity contribution in [3.8, 4) is 11.3 Å². The molecule has 0 aliphatic carbocycles. The van der Waals surface area contributed by atoms with Crippen LogP contribution in [-0.4, -0.2) is 9.67 Å². The highest BCUT2D eigenvalue weighted by Crippen LogP contribution is 2.25. The first-order chi connectivity index (χ1) is 9.45. The number of aliphatic hydroxyl groups is 1. The van der Waals surface area contributed by atoms with Crippen molar-refractivity contribution in [2.45, 2.75) is 40.3 Å². The molecule has 0 atom stereocenters. The molecule has 0 unspecified atom stereocenters. The van der Waals surface area contributed by atoms with Crippen LogP contribution in [0, 0.1) is 13.8 Å². The first-order valence-corrected chi connectivity index (χ1v) is 6.88. The van der Waals surface area contributed by atoms with E-state index in [4.69, 9.17) is 0 Å². The molecule has 0 amide bonds. The van der Waals surface area contributed by atoms with E-state index in [2.05, 4.69) is 32.0 Å². The number of aryl methyl sites for hydroxylation is 2. The summed E-state index contributed by atoms with van der Waals surface area (Å²) in [5.74, 6) is 0. The minimum absolute atomic E-state index is 0.0460. The van der Waals surface area contributed by atoms with Crippen molar-refractivity contribution in [1.29, 1.82) is 0 Å². The van der Waals surface area contributed by atoms with E-state index in [0.717, 1.165) is 16.8 Å². The molecule has 0 aliphatic heterocycles. The number of rotatable bonds is 3. The molecule has 0 fully saturated rings. The second-order valence-electron chi connectivity index (χ2n) is 5.49. The summed E-state index contributed by atoms with van der Waals surface area (Å²) in [7, 11) is 0. The van der Waals surface area contributed by atoms with Gasteiger partial charge < -0.3 is 9.67 Å². The summed E-state index contributed by atoms with van der Waals surface area (Å²) in [6, 6.07) is 9.91. The average Bonchev–Trinajstić information content (AvgIpc) is 2.38. The normalized spacial score (nSPS) is 11.1. The van der Waals surface area contributed by atoms with E-state index in [1.54, 1.807) is 10.6 Å². The summed E-state index contributed by atoms with van der Waals surface area (Å²) < 4.78 is 1.75. The van der Waals surface area contributed by atoms with Gasteiger partial charge in [0.15, 0.2) is 0 Å². The smallest absolute Gasteiger partial charge is 0.256 e. The predicted octanol–water partition coefficient (Wildman–Crippen LogP) is 3.21. The van der Waals surface area contributed by atoms with Crippen LogP contribution in [0.15, 0.2) is 35.1 Å². The maximum Gasteiger partial charge on any atom is 0.256 e. The van der Waals surface area contributed by atoms with E-state index in [0.29, 0.717) is 5.56 Å². The number of pyridine rings is 1. The van der Waals surface area contributed by atoms with Gasteiger partial charge in [-0.1, -0.05) is 23.8 Å². The fraction of sp³-hybridized carbons (Fsp3) is 0.353. The molecule has 1 aromatic carbocycles. The number of nitrogens with zero attached hydrogens (tertiary/aromatic N) is 1. The fourth-order valence-electron chi connectivity index (χ4n) is 2.55. The maximum absolute atomic E-state index is 12.4. The third-order valence-corrected chi connectivity index (χ3v) is 3.54. The van der Waals surface area contributed by atoms with Crippen molar-refractivity contribution in [2.75, 3.05) is 0 Å².